The second-order valence-electron chi connectivity index (χ2n) is 6.37. The van der Waals surface area contributed by atoms with Gasteiger partial charge in [0.25, 0.3) is 5.82 Å². The molecule has 2 heterocycles. The fourth-order valence-corrected chi connectivity index (χ4v) is 3.15. The normalized spacial score (nSPS) is 16.8. The molecule has 0 amide bonds. The molecule has 3 aromatic rings. The van der Waals surface area contributed by atoms with E-state index in [1.807, 2.05) is 31.2 Å². The molecule has 0 fully saturated rings. The van der Waals surface area contributed by atoms with Gasteiger partial charge in [0.15, 0.2) is 0 Å². The van der Waals surface area contributed by atoms with Gasteiger partial charge in [-0.15, -0.1) is 5.10 Å². The second kappa shape index (κ2) is 6.49. The molecule has 0 radical (unpaired) electrons. The van der Waals surface area contributed by atoms with Gasteiger partial charge in [-0.2, -0.15) is 18.2 Å². The third-order valence-corrected chi connectivity index (χ3v) is 4.68. The number of halogens is 4. The lowest BCUT2D eigenvalue weighted by molar-refractivity contribution is -0.145. The van der Waals surface area contributed by atoms with Crippen LogP contribution in [0.1, 0.15) is 35.0 Å². The minimum absolute atomic E-state index is 0.0518. The van der Waals surface area contributed by atoms with E-state index in [-0.39, 0.29) is 5.95 Å². The first-order chi connectivity index (χ1) is 12.8. The van der Waals surface area contributed by atoms with Crippen LogP contribution in [-0.2, 0) is 6.18 Å². The first-order valence-electron chi connectivity index (χ1n) is 8.25. The van der Waals surface area contributed by atoms with Crippen LogP contribution in [-0.4, -0.2) is 20.5 Å². The van der Waals surface area contributed by atoms with Gasteiger partial charge in [-0.25, -0.2) is 9.67 Å². The monoisotopic (exact) mass is 390 g/mol. The van der Waals surface area contributed by atoms with Crippen molar-refractivity contribution in [1.29, 1.82) is 0 Å². The van der Waals surface area contributed by atoms with Crippen LogP contribution < -0.4 is 0 Å². The number of fused-ring (bicyclic) bond motifs is 1. The maximum Gasteiger partial charge on any atom is 0.453 e. The van der Waals surface area contributed by atoms with E-state index in [0.717, 1.165) is 16.7 Å². The molecule has 1 atom stereocenters. The van der Waals surface area contributed by atoms with Crippen molar-refractivity contribution in [3.63, 3.8) is 0 Å². The topological polar surface area (TPSA) is 43.1 Å². The van der Waals surface area contributed by atoms with E-state index in [4.69, 9.17) is 11.6 Å². The summed E-state index contributed by atoms with van der Waals surface area (Å²) in [5.74, 6) is -1.24. The van der Waals surface area contributed by atoms with E-state index in [2.05, 4.69) is 15.1 Å². The Bertz CT molecular complexity index is 1000. The number of aryl methyl sites for hydroxylation is 1. The highest BCUT2D eigenvalue weighted by molar-refractivity contribution is 6.30. The third kappa shape index (κ3) is 3.47. The molecule has 8 heteroatoms. The first-order valence-corrected chi connectivity index (χ1v) is 8.63. The summed E-state index contributed by atoms with van der Waals surface area (Å²) in [4.78, 5) is 7.97. The third-order valence-electron chi connectivity index (χ3n) is 4.42. The van der Waals surface area contributed by atoms with Crippen molar-refractivity contribution in [3.05, 3.63) is 76.1 Å². The molecule has 2 aromatic carbocycles. The number of aliphatic imine (C=N–C) groups is 1. The number of hydrogen-bond donors (Lipinski definition) is 0. The van der Waals surface area contributed by atoms with Gasteiger partial charge in [0.2, 0.25) is 5.95 Å². The summed E-state index contributed by atoms with van der Waals surface area (Å²) in [6.07, 6.45) is -4.23. The van der Waals surface area contributed by atoms with E-state index >= 15 is 0 Å². The van der Waals surface area contributed by atoms with Crippen molar-refractivity contribution in [2.75, 3.05) is 0 Å². The minimum atomic E-state index is -4.63. The van der Waals surface area contributed by atoms with Crippen LogP contribution >= 0.6 is 11.6 Å². The van der Waals surface area contributed by atoms with Gasteiger partial charge in [-0.05, 0) is 30.2 Å². The highest BCUT2D eigenvalue weighted by Gasteiger charge is 2.39. The molecule has 0 spiro atoms. The van der Waals surface area contributed by atoms with Gasteiger partial charge >= 0.3 is 6.18 Å². The molecular weight excluding hydrogens is 377 g/mol. The van der Waals surface area contributed by atoms with Crippen molar-refractivity contribution in [2.45, 2.75) is 25.6 Å². The standard InChI is InChI=1S/C19H14ClF3N4/c1-11-2-4-12(5-3-11)15-10-16(13-6-8-14(20)9-7-13)27-18(24-15)25-17(26-27)19(21,22)23/h2-9,16H,10H2,1H3. The molecule has 0 N–H and O–H groups in total. The fraction of sp³-hybridized carbons (Fsp3) is 0.211. The molecule has 1 unspecified atom stereocenters. The zero-order valence-electron chi connectivity index (χ0n) is 14.2. The lowest BCUT2D eigenvalue weighted by Gasteiger charge is -2.24. The van der Waals surface area contributed by atoms with Crippen molar-refractivity contribution in [3.8, 4) is 0 Å². The Morgan fingerprint density at radius 2 is 1.70 bits per heavy atom. The maximum atomic E-state index is 13.1. The SMILES string of the molecule is Cc1ccc(C2=Nc3nc(C(F)(F)F)nn3C(c3ccc(Cl)cc3)C2)cc1. The predicted octanol–water partition coefficient (Wildman–Crippen LogP) is 5.37. The van der Waals surface area contributed by atoms with E-state index in [9.17, 15) is 13.2 Å². The van der Waals surface area contributed by atoms with Crippen LogP contribution in [0.3, 0.4) is 0 Å². The fourth-order valence-electron chi connectivity index (χ4n) is 3.03. The van der Waals surface area contributed by atoms with E-state index < -0.39 is 18.0 Å². The highest BCUT2D eigenvalue weighted by atomic mass is 35.5. The van der Waals surface area contributed by atoms with Crippen LogP contribution in [0.5, 0.6) is 0 Å². The van der Waals surface area contributed by atoms with Gasteiger partial charge in [0.05, 0.1) is 11.8 Å². The summed E-state index contributed by atoms with van der Waals surface area (Å²) in [5, 5.41) is 4.24. The highest BCUT2D eigenvalue weighted by Crippen LogP contribution is 2.36. The molecule has 4 nitrogen and oxygen atoms in total. The van der Waals surface area contributed by atoms with Crippen LogP contribution in [0.4, 0.5) is 19.1 Å². The smallest absolute Gasteiger partial charge is 0.222 e. The van der Waals surface area contributed by atoms with E-state index in [1.165, 1.54) is 4.68 Å². The zero-order valence-corrected chi connectivity index (χ0v) is 15.0. The van der Waals surface area contributed by atoms with Gasteiger partial charge < -0.3 is 0 Å². The van der Waals surface area contributed by atoms with Crippen LogP contribution in [0, 0.1) is 6.92 Å². The van der Waals surface area contributed by atoms with Crippen molar-refractivity contribution >= 4 is 23.3 Å². The van der Waals surface area contributed by atoms with Crippen LogP contribution in [0.25, 0.3) is 0 Å². The Morgan fingerprint density at radius 1 is 1.04 bits per heavy atom. The number of benzene rings is 2. The first kappa shape index (κ1) is 17.7. The lowest BCUT2D eigenvalue weighted by Crippen LogP contribution is -2.21. The molecule has 1 aliphatic heterocycles. The van der Waals surface area contributed by atoms with Crippen molar-refractivity contribution in [1.82, 2.24) is 14.8 Å². The van der Waals surface area contributed by atoms with Crippen LogP contribution in [0.2, 0.25) is 5.02 Å². The van der Waals surface area contributed by atoms with Gasteiger partial charge in [-0.3, -0.25) is 0 Å². The maximum absolute atomic E-state index is 13.1. The second-order valence-corrected chi connectivity index (χ2v) is 6.81. The Kier molecular flexibility index (Phi) is 4.26. The number of hydrogen-bond acceptors (Lipinski definition) is 3. The average Bonchev–Trinajstić information content (AvgIpc) is 3.07. The van der Waals surface area contributed by atoms with Gasteiger partial charge in [0, 0.05) is 11.4 Å². The molecule has 1 aliphatic rings. The molecule has 0 saturated carbocycles. The number of nitrogens with zero attached hydrogens (tertiary/aromatic N) is 4. The Hall–Kier alpha value is -2.67. The minimum Gasteiger partial charge on any atom is -0.222 e. The average molecular weight is 391 g/mol. The molecule has 1 aromatic heterocycles. The van der Waals surface area contributed by atoms with Crippen molar-refractivity contribution < 1.29 is 13.2 Å². The van der Waals surface area contributed by atoms with Crippen LogP contribution in [0.15, 0.2) is 53.5 Å². The number of rotatable bonds is 2. The van der Waals surface area contributed by atoms with Gasteiger partial charge in [-0.1, -0.05) is 53.6 Å². The van der Waals surface area contributed by atoms with E-state index in [1.54, 1.807) is 24.3 Å². The predicted molar refractivity (Wildman–Crippen MR) is 96.6 cm³/mol. The molecule has 0 saturated heterocycles. The molecule has 0 aliphatic carbocycles. The Labute approximate surface area is 158 Å². The lowest BCUT2D eigenvalue weighted by atomic mass is 9.96. The quantitative estimate of drug-likeness (QED) is 0.590. The molecule has 0 bridgehead atoms. The summed E-state index contributed by atoms with van der Waals surface area (Å²) in [5.41, 5.74) is 3.40. The summed E-state index contributed by atoms with van der Waals surface area (Å²) >= 11 is 5.95. The Morgan fingerprint density at radius 3 is 2.33 bits per heavy atom. The summed E-state index contributed by atoms with van der Waals surface area (Å²) < 4.78 is 40.6. The summed E-state index contributed by atoms with van der Waals surface area (Å²) in [7, 11) is 0. The molecule has 138 valence electrons. The molecule has 4 rings (SSSR count). The van der Waals surface area contributed by atoms with Crippen molar-refractivity contribution in [2.24, 2.45) is 4.99 Å². The Balaban J connectivity index is 1.83. The van der Waals surface area contributed by atoms with Gasteiger partial charge in [0.1, 0.15) is 0 Å². The number of aromatic nitrogens is 3. The molecule has 27 heavy (non-hydrogen) atoms. The number of alkyl halides is 3. The zero-order chi connectivity index (χ0) is 19.2. The largest absolute Gasteiger partial charge is 0.453 e. The summed E-state index contributed by atoms with van der Waals surface area (Å²) in [6.45, 7) is 1.97. The molecular formula is C19H14ClF3N4. The van der Waals surface area contributed by atoms with E-state index in [0.29, 0.717) is 17.2 Å². The summed E-state index contributed by atoms with van der Waals surface area (Å²) in [6, 6.07) is 14.2.